The molecule has 0 atom stereocenters. The number of hydrazone groups is 1. The van der Waals surface area contributed by atoms with Crippen LogP contribution in [0.2, 0.25) is 5.02 Å². The van der Waals surface area contributed by atoms with E-state index in [0.29, 0.717) is 5.02 Å². The molecule has 33 heavy (non-hydrogen) atoms. The summed E-state index contributed by atoms with van der Waals surface area (Å²) in [6, 6.07) is 19.8. The third-order valence-corrected chi connectivity index (χ3v) is 7.23. The van der Waals surface area contributed by atoms with E-state index >= 15 is 0 Å². The van der Waals surface area contributed by atoms with Crippen molar-refractivity contribution in [2.45, 2.75) is 4.90 Å². The van der Waals surface area contributed by atoms with Crippen LogP contribution in [0.25, 0.3) is 0 Å². The molecule has 1 N–H and O–H groups in total. The third-order valence-electron chi connectivity index (χ3n) is 4.57. The van der Waals surface area contributed by atoms with Crippen molar-refractivity contribution >= 4 is 61.1 Å². The number of rotatable bonds is 8. The molecule has 3 rings (SSSR count). The first kappa shape index (κ1) is 24.8. The van der Waals surface area contributed by atoms with Gasteiger partial charge in [-0.05, 0) is 64.0 Å². The number of carbonyl (C=O) groups is 1. The van der Waals surface area contributed by atoms with Gasteiger partial charge in [-0.1, -0.05) is 41.9 Å². The Hall–Kier alpha value is -2.88. The molecule has 0 unspecified atom stereocenters. The summed E-state index contributed by atoms with van der Waals surface area (Å²) in [5.41, 5.74) is 4.42. The van der Waals surface area contributed by atoms with E-state index in [4.69, 9.17) is 11.6 Å². The van der Waals surface area contributed by atoms with Crippen LogP contribution in [0, 0.1) is 0 Å². The number of amides is 1. The highest BCUT2D eigenvalue weighted by Gasteiger charge is 2.27. The molecule has 0 aromatic heterocycles. The fourth-order valence-electron chi connectivity index (χ4n) is 2.98. The Balaban J connectivity index is 1.79. The zero-order valence-corrected chi connectivity index (χ0v) is 21.1. The lowest BCUT2D eigenvalue weighted by atomic mass is 10.2. The zero-order chi connectivity index (χ0) is 24.0. The lowest BCUT2D eigenvalue weighted by Gasteiger charge is -2.23. The van der Waals surface area contributed by atoms with Gasteiger partial charge in [0.05, 0.1) is 22.5 Å². The number of hydrogen-bond donors (Lipinski definition) is 1. The molecule has 0 aliphatic rings. The summed E-state index contributed by atoms with van der Waals surface area (Å²) < 4.78 is 28.4. The Morgan fingerprint density at radius 2 is 1.79 bits per heavy atom. The van der Waals surface area contributed by atoms with Gasteiger partial charge in [0.25, 0.3) is 15.9 Å². The quantitative estimate of drug-likeness (QED) is 0.331. The van der Waals surface area contributed by atoms with Gasteiger partial charge in [-0.15, -0.1) is 0 Å². The molecule has 7 nitrogen and oxygen atoms in total. The number of halogens is 2. The van der Waals surface area contributed by atoms with Gasteiger partial charge in [-0.25, -0.2) is 13.8 Å². The van der Waals surface area contributed by atoms with Gasteiger partial charge in [0.1, 0.15) is 6.54 Å². The van der Waals surface area contributed by atoms with Crippen molar-refractivity contribution in [1.29, 1.82) is 0 Å². The van der Waals surface area contributed by atoms with Crippen LogP contribution in [0.4, 0.5) is 11.4 Å². The lowest BCUT2D eigenvalue weighted by molar-refractivity contribution is -0.119. The second kappa shape index (κ2) is 10.8. The van der Waals surface area contributed by atoms with E-state index in [9.17, 15) is 13.2 Å². The minimum absolute atomic E-state index is 0.0621. The van der Waals surface area contributed by atoms with E-state index < -0.39 is 22.5 Å². The van der Waals surface area contributed by atoms with Gasteiger partial charge >= 0.3 is 0 Å². The van der Waals surface area contributed by atoms with Crippen molar-refractivity contribution in [3.05, 3.63) is 87.9 Å². The zero-order valence-electron chi connectivity index (χ0n) is 17.9. The van der Waals surface area contributed by atoms with E-state index in [2.05, 4.69) is 26.5 Å². The van der Waals surface area contributed by atoms with Gasteiger partial charge in [-0.3, -0.25) is 9.10 Å². The number of benzene rings is 3. The summed E-state index contributed by atoms with van der Waals surface area (Å²) in [5, 5.41) is 4.32. The predicted octanol–water partition coefficient (Wildman–Crippen LogP) is 4.51. The highest BCUT2D eigenvalue weighted by molar-refractivity contribution is 9.10. The van der Waals surface area contributed by atoms with Crippen LogP contribution in [-0.4, -0.2) is 41.2 Å². The van der Waals surface area contributed by atoms with E-state index in [1.807, 2.05) is 37.2 Å². The van der Waals surface area contributed by atoms with Gasteiger partial charge in [0.2, 0.25) is 0 Å². The fraction of sp³-hybridized carbons (Fsp3) is 0.130. The average Bonchev–Trinajstić information content (AvgIpc) is 2.78. The van der Waals surface area contributed by atoms with Gasteiger partial charge in [0, 0.05) is 23.6 Å². The van der Waals surface area contributed by atoms with Crippen molar-refractivity contribution in [3.63, 3.8) is 0 Å². The van der Waals surface area contributed by atoms with Crippen LogP contribution in [0.15, 0.2) is 87.3 Å². The number of anilines is 2. The summed E-state index contributed by atoms with van der Waals surface area (Å²) in [6.45, 7) is -0.474. The molecule has 0 fully saturated rings. The van der Waals surface area contributed by atoms with Crippen molar-refractivity contribution in [1.82, 2.24) is 5.43 Å². The Morgan fingerprint density at radius 1 is 1.06 bits per heavy atom. The second-order valence-electron chi connectivity index (χ2n) is 7.20. The van der Waals surface area contributed by atoms with Crippen LogP contribution < -0.4 is 14.6 Å². The predicted molar refractivity (Wildman–Crippen MR) is 137 cm³/mol. The molecule has 0 heterocycles. The van der Waals surface area contributed by atoms with Crippen molar-refractivity contribution in [2.75, 3.05) is 29.8 Å². The highest BCUT2D eigenvalue weighted by atomic mass is 79.9. The number of hydrogen-bond acceptors (Lipinski definition) is 5. The molecule has 0 bridgehead atoms. The molecular weight excluding hydrogens is 528 g/mol. The second-order valence-corrected chi connectivity index (χ2v) is 10.4. The Bertz CT molecular complexity index is 1270. The molecule has 3 aromatic carbocycles. The summed E-state index contributed by atoms with van der Waals surface area (Å²) in [6.07, 6.45) is 1.48. The van der Waals surface area contributed by atoms with E-state index in [-0.39, 0.29) is 10.6 Å². The van der Waals surface area contributed by atoms with Crippen LogP contribution in [0.5, 0.6) is 0 Å². The maximum absolute atomic E-state index is 13.3. The lowest BCUT2D eigenvalue weighted by Crippen LogP contribution is -2.39. The first-order chi connectivity index (χ1) is 15.7. The first-order valence-corrected chi connectivity index (χ1v) is 12.4. The highest BCUT2D eigenvalue weighted by Crippen LogP contribution is 2.26. The van der Waals surface area contributed by atoms with Crippen molar-refractivity contribution < 1.29 is 13.2 Å². The third kappa shape index (κ3) is 6.34. The summed E-state index contributed by atoms with van der Waals surface area (Å²) in [5.74, 6) is -0.602. The normalized spacial score (nSPS) is 11.4. The molecule has 3 aromatic rings. The topological polar surface area (TPSA) is 82.1 Å². The van der Waals surface area contributed by atoms with Crippen LogP contribution in [0.3, 0.4) is 0 Å². The van der Waals surface area contributed by atoms with E-state index in [1.54, 1.807) is 36.4 Å². The molecule has 0 aliphatic carbocycles. The number of nitrogens with zero attached hydrogens (tertiary/aromatic N) is 3. The fourth-order valence-corrected chi connectivity index (χ4v) is 5.35. The van der Waals surface area contributed by atoms with Gasteiger partial charge in [0.15, 0.2) is 0 Å². The largest absolute Gasteiger partial charge is 0.377 e. The smallest absolute Gasteiger partial charge is 0.264 e. The van der Waals surface area contributed by atoms with Crippen molar-refractivity contribution in [3.8, 4) is 0 Å². The van der Waals surface area contributed by atoms with E-state index in [1.165, 1.54) is 24.4 Å². The van der Waals surface area contributed by atoms with Crippen LogP contribution in [0.1, 0.15) is 5.56 Å². The number of nitrogens with one attached hydrogen (secondary N) is 1. The number of sulfonamides is 1. The monoisotopic (exact) mass is 548 g/mol. The average molecular weight is 550 g/mol. The van der Waals surface area contributed by atoms with Crippen molar-refractivity contribution in [2.24, 2.45) is 5.10 Å². The Morgan fingerprint density at radius 3 is 2.42 bits per heavy atom. The van der Waals surface area contributed by atoms with Crippen LogP contribution in [-0.2, 0) is 14.8 Å². The molecule has 1 amide bonds. The molecule has 0 aliphatic heterocycles. The molecular formula is C23H22BrClN4O3S. The molecule has 0 radical (unpaired) electrons. The summed E-state index contributed by atoms with van der Waals surface area (Å²) in [4.78, 5) is 14.6. The number of carbonyl (C=O) groups excluding carboxylic acids is 1. The summed E-state index contributed by atoms with van der Waals surface area (Å²) >= 11 is 9.57. The van der Waals surface area contributed by atoms with Gasteiger partial charge < -0.3 is 4.90 Å². The van der Waals surface area contributed by atoms with E-state index in [0.717, 1.165) is 20.0 Å². The van der Waals surface area contributed by atoms with Crippen LogP contribution >= 0.6 is 27.5 Å². The maximum atomic E-state index is 13.3. The first-order valence-electron chi connectivity index (χ1n) is 9.80. The molecule has 0 saturated heterocycles. The molecule has 10 heteroatoms. The van der Waals surface area contributed by atoms with Gasteiger partial charge in [-0.2, -0.15) is 5.10 Å². The molecule has 172 valence electrons. The molecule has 0 saturated carbocycles. The molecule has 0 spiro atoms. The minimum Gasteiger partial charge on any atom is -0.377 e. The standard InChI is InChI=1S/C23H22BrClN4O3S/c1-28(2)22-12-11-17(13-21(22)24)15-26-27-23(30)16-29(19-8-6-7-18(25)14-19)33(31,32)20-9-4-3-5-10-20/h3-15H,16H2,1-2H3,(H,27,30). The maximum Gasteiger partial charge on any atom is 0.264 e. The Kier molecular flexibility index (Phi) is 8.12. The Labute approximate surface area is 206 Å². The summed E-state index contributed by atoms with van der Waals surface area (Å²) in [7, 11) is -0.143. The SMILES string of the molecule is CN(C)c1ccc(C=NNC(=O)CN(c2cccc(Cl)c2)S(=O)(=O)c2ccccc2)cc1Br. The minimum atomic E-state index is -4.01.